The summed E-state index contributed by atoms with van der Waals surface area (Å²) >= 11 is 1.64. The zero-order chi connectivity index (χ0) is 17.9. The number of methoxy groups -OCH3 is 2. The molecule has 1 aromatic carbocycles. The van der Waals surface area contributed by atoms with Crippen molar-refractivity contribution in [3.8, 4) is 17.4 Å². The second-order valence-corrected chi connectivity index (χ2v) is 7.08. The molecule has 1 aliphatic heterocycles. The topological polar surface area (TPSA) is 69.6 Å². The molecule has 8 heteroatoms. The van der Waals surface area contributed by atoms with Gasteiger partial charge in [-0.05, 0) is 18.6 Å². The van der Waals surface area contributed by atoms with E-state index >= 15 is 0 Å². The largest absolute Gasteiger partial charge is 0.495 e. The first kappa shape index (κ1) is 16.8. The fourth-order valence-electron chi connectivity index (χ4n) is 3.12. The first-order valence-electron chi connectivity index (χ1n) is 8.43. The Bertz CT molecular complexity index is 846. The third-order valence-corrected chi connectivity index (χ3v) is 5.59. The first-order valence-corrected chi connectivity index (χ1v) is 9.25. The van der Waals surface area contributed by atoms with Crippen LogP contribution in [0.15, 0.2) is 30.7 Å². The van der Waals surface area contributed by atoms with Gasteiger partial charge in [0, 0.05) is 31.4 Å². The van der Waals surface area contributed by atoms with Gasteiger partial charge >= 0.3 is 0 Å². The van der Waals surface area contributed by atoms with Crippen molar-refractivity contribution in [3.63, 3.8) is 0 Å². The van der Waals surface area contributed by atoms with Crippen LogP contribution in [0, 0.1) is 5.92 Å². The number of ether oxygens (including phenoxy) is 3. The van der Waals surface area contributed by atoms with E-state index in [1.165, 1.54) is 0 Å². The van der Waals surface area contributed by atoms with Gasteiger partial charge in [-0.25, -0.2) is 9.97 Å². The minimum atomic E-state index is 0.438. The second kappa shape index (κ2) is 7.33. The molecule has 4 rings (SSSR count). The van der Waals surface area contributed by atoms with Crippen LogP contribution in [0.2, 0.25) is 0 Å². The summed E-state index contributed by atoms with van der Waals surface area (Å²) in [7, 11) is 3.34. The number of benzene rings is 1. The highest BCUT2D eigenvalue weighted by molar-refractivity contribution is 7.22. The molecule has 7 nitrogen and oxygen atoms in total. The van der Waals surface area contributed by atoms with Crippen molar-refractivity contribution >= 4 is 26.7 Å². The highest BCUT2D eigenvalue weighted by Gasteiger charge is 2.26. The molecule has 3 heterocycles. The van der Waals surface area contributed by atoms with Gasteiger partial charge in [0.1, 0.15) is 21.7 Å². The van der Waals surface area contributed by atoms with E-state index < -0.39 is 0 Å². The molecule has 0 amide bonds. The second-order valence-electron chi connectivity index (χ2n) is 6.10. The lowest BCUT2D eigenvalue weighted by atomic mass is 10.1. The van der Waals surface area contributed by atoms with Crippen molar-refractivity contribution in [2.75, 3.05) is 38.8 Å². The minimum absolute atomic E-state index is 0.438. The molecule has 0 radical (unpaired) electrons. The first-order chi connectivity index (χ1) is 12.8. The number of nitrogens with zero attached hydrogens (tertiary/aromatic N) is 4. The minimum Gasteiger partial charge on any atom is -0.495 e. The summed E-state index contributed by atoms with van der Waals surface area (Å²) in [5, 5.41) is 0.991. The molecule has 26 heavy (non-hydrogen) atoms. The van der Waals surface area contributed by atoms with Crippen LogP contribution in [0.4, 0.5) is 5.13 Å². The molecule has 0 aliphatic carbocycles. The average molecular weight is 372 g/mol. The Morgan fingerprint density at radius 3 is 2.81 bits per heavy atom. The Hall–Kier alpha value is -2.61. The Kier molecular flexibility index (Phi) is 4.75. The van der Waals surface area contributed by atoms with Crippen molar-refractivity contribution in [2.24, 2.45) is 5.92 Å². The maximum atomic E-state index is 5.75. The number of hydrogen-bond acceptors (Lipinski definition) is 8. The van der Waals surface area contributed by atoms with Crippen molar-refractivity contribution in [2.45, 2.75) is 6.42 Å². The van der Waals surface area contributed by atoms with Crippen molar-refractivity contribution in [1.82, 2.24) is 15.0 Å². The van der Waals surface area contributed by atoms with Crippen LogP contribution < -0.4 is 19.1 Å². The van der Waals surface area contributed by atoms with Gasteiger partial charge in [0.2, 0.25) is 5.88 Å². The van der Waals surface area contributed by atoms with E-state index in [9.17, 15) is 0 Å². The molecule has 1 fully saturated rings. The molecule has 1 aliphatic rings. The van der Waals surface area contributed by atoms with Crippen LogP contribution >= 0.6 is 11.3 Å². The van der Waals surface area contributed by atoms with Gasteiger partial charge in [-0.2, -0.15) is 0 Å². The standard InChI is InChI=1S/C18H20N4O3S/c1-23-13-3-4-14(24-2)17-16(13)21-18(26-17)22-8-5-12(10-22)11-25-15-9-19-6-7-20-15/h3-4,6-7,9,12H,5,8,10-11H2,1-2H3. The summed E-state index contributed by atoms with van der Waals surface area (Å²) in [5.74, 6) is 2.60. The number of rotatable bonds is 6. The lowest BCUT2D eigenvalue weighted by Gasteiger charge is -2.15. The highest BCUT2D eigenvalue weighted by atomic mass is 32.1. The van der Waals surface area contributed by atoms with Crippen LogP contribution in [0.25, 0.3) is 10.2 Å². The Labute approximate surface area is 155 Å². The van der Waals surface area contributed by atoms with Crippen molar-refractivity contribution in [3.05, 3.63) is 30.7 Å². The van der Waals surface area contributed by atoms with E-state index in [0.717, 1.165) is 46.4 Å². The average Bonchev–Trinajstić information content (AvgIpc) is 3.33. The van der Waals surface area contributed by atoms with Gasteiger partial charge < -0.3 is 19.1 Å². The van der Waals surface area contributed by atoms with E-state index in [1.54, 1.807) is 44.1 Å². The molecule has 0 saturated carbocycles. The summed E-state index contributed by atoms with van der Waals surface area (Å²) < 4.78 is 17.7. The van der Waals surface area contributed by atoms with Gasteiger partial charge in [-0.3, -0.25) is 4.98 Å². The number of anilines is 1. The normalized spacial score (nSPS) is 16.8. The van der Waals surface area contributed by atoms with Crippen LogP contribution in [0.5, 0.6) is 17.4 Å². The molecule has 1 atom stereocenters. The Morgan fingerprint density at radius 2 is 2.04 bits per heavy atom. The summed E-state index contributed by atoms with van der Waals surface area (Å²) in [6.45, 7) is 2.50. The predicted octanol–water partition coefficient (Wildman–Crippen LogP) is 3.01. The van der Waals surface area contributed by atoms with Gasteiger partial charge in [-0.1, -0.05) is 11.3 Å². The molecular weight excluding hydrogens is 352 g/mol. The summed E-state index contributed by atoms with van der Waals surface area (Å²) in [6.07, 6.45) is 5.97. The van der Waals surface area contributed by atoms with E-state index in [4.69, 9.17) is 19.2 Å². The van der Waals surface area contributed by atoms with Gasteiger partial charge in [-0.15, -0.1) is 0 Å². The smallest absolute Gasteiger partial charge is 0.232 e. The lowest BCUT2D eigenvalue weighted by molar-refractivity contribution is 0.251. The zero-order valence-corrected chi connectivity index (χ0v) is 15.5. The van der Waals surface area contributed by atoms with Crippen LogP contribution in [-0.2, 0) is 0 Å². The van der Waals surface area contributed by atoms with Gasteiger partial charge in [0.05, 0.1) is 27.0 Å². The highest BCUT2D eigenvalue weighted by Crippen LogP contribution is 2.41. The van der Waals surface area contributed by atoms with E-state index in [-0.39, 0.29) is 0 Å². The third kappa shape index (κ3) is 3.24. The fraction of sp³-hybridized carbons (Fsp3) is 0.389. The molecule has 3 aromatic rings. The van der Waals surface area contributed by atoms with Gasteiger partial charge in [0.15, 0.2) is 5.13 Å². The summed E-state index contributed by atoms with van der Waals surface area (Å²) in [5.41, 5.74) is 0.853. The maximum Gasteiger partial charge on any atom is 0.232 e. The molecule has 2 aromatic heterocycles. The number of fused-ring (bicyclic) bond motifs is 1. The van der Waals surface area contributed by atoms with E-state index in [2.05, 4.69) is 14.9 Å². The van der Waals surface area contributed by atoms with Crippen molar-refractivity contribution in [1.29, 1.82) is 0 Å². The monoisotopic (exact) mass is 372 g/mol. The Morgan fingerprint density at radius 1 is 1.19 bits per heavy atom. The maximum absolute atomic E-state index is 5.75. The predicted molar refractivity (Wildman–Crippen MR) is 101 cm³/mol. The van der Waals surface area contributed by atoms with Crippen molar-refractivity contribution < 1.29 is 14.2 Å². The number of hydrogen-bond donors (Lipinski definition) is 0. The van der Waals surface area contributed by atoms with Gasteiger partial charge in [0.25, 0.3) is 0 Å². The number of thiazole rings is 1. The SMILES string of the molecule is COc1ccc(OC)c2sc(N3CCC(COc4cnccn4)C3)nc12. The van der Waals surface area contributed by atoms with E-state index in [1.807, 2.05) is 12.1 Å². The lowest BCUT2D eigenvalue weighted by Crippen LogP contribution is -2.21. The molecule has 1 saturated heterocycles. The Balaban J connectivity index is 1.48. The quantitative estimate of drug-likeness (QED) is 0.659. The molecule has 136 valence electrons. The molecule has 1 unspecified atom stereocenters. The number of aromatic nitrogens is 3. The zero-order valence-electron chi connectivity index (χ0n) is 14.7. The summed E-state index contributed by atoms with van der Waals surface area (Å²) in [4.78, 5) is 15.3. The summed E-state index contributed by atoms with van der Waals surface area (Å²) in [6, 6.07) is 3.82. The third-order valence-electron chi connectivity index (χ3n) is 4.46. The van der Waals surface area contributed by atoms with Crippen LogP contribution in [-0.4, -0.2) is 48.9 Å². The molecule has 0 N–H and O–H groups in total. The van der Waals surface area contributed by atoms with E-state index in [0.29, 0.717) is 18.4 Å². The molecular formula is C18H20N4O3S. The van der Waals surface area contributed by atoms with Crippen LogP contribution in [0.1, 0.15) is 6.42 Å². The van der Waals surface area contributed by atoms with Crippen LogP contribution in [0.3, 0.4) is 0 Å². The molecule has 0 spiro atoms. The fourth-order valence-corrected chi connectivity index (χ4v) is 4.22. The molecule has 0 bridgehead atoms.